The second-order valence-electron chi connectivity index (χ2n) is 3.38. The fourth-order valence-electron chi connectivity index (χ4n) is 1.25. The molecule has 2 aromatic rings. The molecule has 0 radical (unpaired) electrons. The van der Waals surface area contributed by atoms with Crippen LogP contribution in [0, 0.1) is 0 Å². The van der Waals surface area contributed by atoms with E-state index >= 15 is 0 Å². The number of carbonyl (C=O) groups is 1. The average Bonchev–Trinajstić information content (AvgIpc) is 2.90. The Hall–Kier alpha value is -1.67. The van der Waals surface area contributed by atoms with Crippen molar-refractivity contribution in [2.75, 3.05) is 12.3 Å². The average molecular weight is 299 g/mol. The first-order valence-electron chi connectivity index (χ1n) is 5.50. The van der Waals surface area contributed by atoms with Crippen LogP contribution in [0.1, 0.15) is 6.92 Å². The van der Waals surface area contributed by atoms with Crippen LogP contribution in [0.3, 0.4) is 0 Å². The molecule has 19 heavy (non-hydrogen) atoms. The van der Waals surface area contributed by atoms with Crippen LogP contribution < -0.4 is 5.32 Å². The fraction of sp³-hybridized carbons (Fsp3) is 0.300. The molecule has 0 bridgehead atoms. The predicted molar refractivity (Wildman–Crippen MR) is 71.4 cm³/mol. The van der Waals surface area contributed by atoms with Crippen molar-refractivity contribution in [3.63, 3.8) is 0 Å². The third kappa shape index (κ3) is 3.90. The zero-order valence-corrected chi connectivity index (χ0v) is 11.6. The molecular weight excluding hydrogens is 288 g/mol. The highest BCUT2D eigenvalue weighted by Crippen LogP contribution is 2.15. The fourth-order valence-corrected chi connectivity index (χ4v) is 2.12. The highest BCUT2D eigenvalue weighted by atomic mass is 35.5. The van der Waals surface area contributed by atoms with Crippen molar-refractivity contribution in [1.82, 2.24) is 30.0 Å². The van der Waals surface area contributed by atoms with Crippen molar-refractivity contribution in [2.45, 2.75) is 12.1 Å². The van der Waals surface area contributed by atoms with Crippen molar-refractivity contribution in [3.05, 3.63) is 23.7 Å². The maximum atomic E-state index is 11.4. The Kier molecular flexibility index (Phi) is 4.69. The zero-order valence-electron chi connectivity index (χ0n) is 10.1. The molecule has 0 aromatic carbocycles. The van der Waals surface area contributed by atoms with E-state index in [1.807, 2.05) is 6.92 Å². The number of thioether (sulfide) groups is 1. The summed E-state index contributed by atoms with van der Waals surface area (Å²) in [5.41, 5.74) is 0. The molecule has 0 saturated heterocycles. The molecule has 7 nitrogen and oxygen atoms in total. The summed E-state index contributed by atoms with van der Waals surface area (Å²) in [6.45, 7) is 2.45. The Balaban J connectivity index is 2.11. The van der Waals surface area contributed by atoms with Crippen LogP contribution in [0.25, 0.3) is 5.95 Å². The normalized spacial score (nSPS) is 10.4. The SMILES string of the molecule is CCNC(=O)CSc1nc(Cl)nc(-n2cccn2)n1. The van der Waals surface area contributed by atoms with Gasteiger partial charge in [-0.25, -0.2) is 4.68 Å². The molecule has 2 aromatic heterocycles. The van der Waals surface area contributed by atoms with E-state index in [9.17, 15) is 4.79 Å². The van der Waals surface area contributed by atoms with E-state index in [0.717, 1.165) is 0 Å². The van der Waals surface area contributed by atoms with Gasteiger partial charge in [0.1, 0.15) is 0 Å². The van der Waals surface area contributed by atoms with Crippen molar-refractivity contribution < 1.29 is 4.79 Å². The summed E-state index contributed by atoms with van der Waals surface area (Å²) in [5.74, 6) is 0.472. The van der Waals surface area contributed by atoms with Gasteiger partial charge in [-0.05, 0) is 24.6 Å². The molecule has 0 aliphatic heterocycles. The number of hydrogen-bond donors (Lipinski definition) is 1. The van der Waals surface area contributed by atoms with Gasteiger partial charge in [-0.1, -0.05) is 11.8 Å². The van der Waals surface area contributed by atoms with E-state index in [1.54, 1.807) is 18.5 Å². The lowest BCUT2D eigenvalue weighted by molar-refractivity contribution is -0.118. The molecule has 9 heteroatoms. The van der Waals surface area contributed by atoms with Crippen LogP contribution in [0.2, 0.25) is 5.28 Å². The lowest BCUT2D eigenvalue weighted by Crippen LogP contribution is -2.24. The molecule has 0 aliphatic carbocycles. The summed E-state index contributed by atoms with van der Waals surface area (Å²) >= 11 is 7.02. The largest absolute Gasteiger partial charge is 0.356 e. The highest BCUT2D eigenvalue weighted by Gasteiger charge is 2.09. The molecule has 0 unspecified atom stereocenters. The number of nitrogens with one attached hydrogen (secondary N) is 1. The number of rotatable bonds is 5. The molecule has 0 fully saturated rings. The quantitative estimate of drug-likeness (QED) is 0.827. The van der Waals surface area contributed by atoms with Crippen LogP contribution in [0.15, 0.2) is 23.6 Å². The smallest absolute Gasteiger partial charge is 0.255 e. The molecule has 2 rings (SSSR count). The predicted octanol–water partition coefficient (Wildman–Crippen LogP) is 0.939. The number of amides is 1. The van der Waals surface area contributed by atoms with Crippen molar-refractivity contribution in [3.8, 4) is 5.95 Å². The first-order valence-corrected chi connectivity index (χ1v) is 6.86. The van der Waals surface area contributed by atoms with Gasteiger partial charge in [0, 0.05) is 18.9 Å². The van der Waals surface area contributed by atoms with Gasteiger partial charge in [0.25, 0.3) is 5.95 Å². The van der Waals surface area contributed by atoms with Crippen molar-refractivity contribution in [1.29, 1.82) is 0 Å². The summed E-state index contributed by atoms with van der Waals surface area (Å²) in [4.78, 5) is 23.5. The minimum Gasteiger partial charge on any atom is -0.356 e. The van der Waals surface area contributed by atoms with Gasteiger partial charge < -0.3 is 5.32 Å². The molecule has 0 atom stereocenters. The zero-order chi connectivity index (χ0) is 13.7. The van der Waals surface area contributed by atoms with Crippen molar-refractivity contribution in [2.24, 2.45) is 0 Å². The van der Waals surface area contributed by atoms with Gasteiger partial charge in [0.05, 0.1) is 5.75 Å². The second kappa shape index (κ2) is 6.48. The number of carbonyl (C=O) groups excluding carboxylic acids is 1. The van der Waals surface area contributed by atoms with Gasteiger partial charge in [0.2, 0.25) is 11.2 Å². The van der Waals surface area contributed by atoms with Crippen LogP contribution in [0.5, 0.6) is 0 Å². The molecule has 2 heterocycles. The standard InChI is InChI=1S/C10H11ClN6OS/c1-2-12-7(18)6-19-10-15-8(11)14-9(16-10)17-5-3-4-13-17/h3-5H,2,6H2,1H3,(H,12,18). The summed E-state index contributed by atoms with van der Waals surface area (Å²) in [7, 11) is 0. The van der Waals surface area contributed by atoms with E-state index in [0.29, 0.717) is 17.6 Å². The summed E-state index contributed by atoms with van der Waals surface area (Å²) in [6, 6.07) is 1.75. The third-order valence-corrected chi connectivity index (χ3v) is 3.01. The van der Waals surface area contributed by atoms with E-state index in [-0.39, 0.29) is 16.9 Å². The minimum atomic E-state index is -0.0790. The Morgan fingerprint density at radius 1 is 1.47 bits per heavy atom. The van der Waals surface area contributed by atoms with Crippen LogP contribution in [-0.2, 0) is 4.79 Å². The summed E-state index contributed by atoms with van der Waals surface area (Å²) in [6.07, 6.45) is 3.31. The highest BCUT2D eigenvalue weighted by molar-refractivity contribution is 7.99. The molecule has 100 valence electrons. The lowest BCUT2D eigenvalue weighted by atomic mass is 10.6. The maximum Gasteiger partial charge on any atom is 0.255 e. The maximum absolute atomic E-state index is 11.4. The molecule has 1 amide bonds. The van der Waals surface area contributed by atoms with Gasteiger partial charge in [0.15, 0.2) is 5.16 Å². The van der Waals surface area contributed by atoms with Crippen LogP contribution in [0.4, 0.5) is 0 Å². The van der Waals surface area contributed by atoms with Gasteiger partial charge >= 0.3 is 0 Å². The topological polar surface area (TPSA) is 85.6 Å². The molecular formula is C10H11ClN6OS. The molecule has 0 spiro atoms. The van der Waals surface area contributed by atoms with Gasteiger partial charge in [-0.15, -0.1) is 0 Å². The Morgan fingerprint density at radius 3 is 3.00 bits per heavy atom. The Labute approximate surface area is 118 Å². The number of hydrogen-bond acceptors (Lipinski definition) is 6. The van der Waals surface area contributed by atoms with Gasteiger partial charge in [-0.3, -0.25) is 4.79 Å². The van der Waals surface area contributed by atoms with E-state index < -0.39 is 0 Å². The van der Waals surface area contributed by atoms with Gasteiger partial charge in [-0.2, -0.15) is 20.1 Å². The van der Waals surface area contributed by atoms with Crippen LogP contribution >= 0.6 is 23.4 Å². The second-order valence-corrected chi connectivity index (χ2v) is 4.66. The lowest BCUT2D eigenvalue weighted by Gasteiger charge is -2.04. The number of aromatic nitrogens is 5. The number of nitrogens with zero attached hydrogens (tertiary/aromatic N) is 5. The first kappa shape index (κ1) is 13.8. The minimum absolute atomic E-state index is 0.0684. The third-order valence-electron chi connectivity index (χ3n) is 1.99. The summed E-state index contributed by atoms with van der Waals surface area (Å²) < 4.78 is 1.48. The molecule has 1 N–H and O–H groups in total. The number of halogens is 1. The van der Waals surface area contributed by atoms with Crippen molar-refractivity contribution >= 4 is 29.3 Å². The molecule has 0 saturated carbocycles. The Bertz CT molecular complexity index is 561. The van der Waals surface area contributed by atoms with Crippen LogP contribution in [-0.4, -0.2) is 42.9 Å². The van der Waals surface area contributed by atoms with E-state index in [4.69, 9.17) is 11.6 Å². The first-order chi connectivity index (χ1) is 9.19. The van der Waals surface area contributed by atoms with E-state index in [1.165, 1.54) is 16.4 Å². The van der Waals surface area contributed by atoms with E-state index in [2.05, 4.69) is 25.4 Å². The molecule has 0 aliphatic rings. The summed E-state index contributed by atoms with van der Waals surface area (Å²) in [5, 5.41) is 7.16. The monoisotopic (exact) mass is 298 g/mol. The Morgan fingerprint density at radius 2 is 2.32 bits per heavy atom.